The Hall–Kier alpha value is -2.32. The number of halogens is 1. The molecule has 0 unspecified atom stereocenters. The lowest BCUT2D eigenvalue weighted by atomic mass is 10.2. The molecule has 1 heterocycles. The Kier molecular flexibility index (Phi) is 6.60. The van der Waals surface area contributed by atoms with Gasteiger partial charge in [0.15, 0.2) is 16.6 Å². The van der Waals surface area contributed by atoms with Crippen molar-refractivity contribution in [2.24, 2.45) is 5.10 Å². The topological polar surface area (TPSA) is 98.8 Å². The zero-order valence-corrected chi connectivity index (χ0v) is 15.7. The van der Waals surface area contributed by atoms with Gasteiger partial charge in [-0.3, -0.25) is 4.79 Å². The van der Waals surface area contributed by atoms with Gasteiger partial charge in [-0.05, 0) is 31.0 Å². The molecule has 0 atom stereocenters. The summed E-state index contributed by atoms with van der Waals surface area (Å²) in [5.74, 6) is 0.609. The van der Waals surface area contributed by atoms with Gasteiger partial charge in [-0.2, -0.15) is 5.10 Å². The summed E-state index contributed by atoms with van der Waals surface area (Å²) in [7, 11) is 1.52. The van der Waals surface area contributed by atoms with Crippen LogP contribution in [0, 0.1) is 0 Å². The summed E-state index contributed by atoms with van der Waals surface area (Å²) in [6, 6.07) is 3.40. The maximum absolute atomic E-state index is 12.2. The molecule has 0 fully saturated rings. The Labute approximate surface area is 154 Å². The molecule has 2 rings (SSSR count). The summed E-state index contributed by atoms with van der Waals surface area (Å²) in [4.78, 5) is 16.8. The first-order valence-corrected chi connectivity index (χ1v) is 8.78. The number of nitrogens with two attached hydrogens (primary N) is 1. The molecule has 0 aliphatic carbocycles. The molecule has 1 aromatic heterocycles. The molecular weight excluding hydrogens is 364 g/mol. The number of amides is 1. The number of carbonyl (C=O) groups excluding carboxylic acids is 1. The third-order valence-corrected chi connectivity index (χ3v) is 4.38. The van der Waals surface area contributed by atoms with Crippen molar-refractivity contribution in [1.82, 2.24) is 10.4 Å². The van der Waals surface area contributed by atoms with Gasteiger partial charge >= 0.3 is 0 Å². The first kappa shape index (κ1) is 19.0. The Morgan fingerprint density at radius 1 is 1.48 bits per heavy atom. The zero-order valence-electron chi connectivity index (χ0n) is 14.1. The van der Waals surface area contributed by atoms with E-state index in [0.717, 1.165) is 11.3 Å². The summed E-state index contributed by atoms with van der Waals surface area (Å²) in [6.07, 6.45) is 2.09. The quantitative estimate of drug-likeness (QED) is 0.566. The van der Waals surface area contributed by atoms with E-state index in [1.54, 1.807) is 12.1 Å². The maximum Gasteiger partial charge on any atom is 0.283 e. The molecule has 0 bridgehead atoms. The van der Waals surface area contributed by atoms with Crippen LogP contribution >= 0.6 is 22.9 Å². The minimum absolute atomic E-state index is 0.355. The molecule has 0 aliphatic rings. The molecule has 0 radical (unpaired) electrons. The summed E-state index contributed by atoms with van der Waals surface area (Å²) in [6.45, 7) is 4.24. The number of hydrazone groups is 1. The molecule has 0 spiro atoms. The van der Waals surface area contributed by atoms with Crippen molar-refractivity contribution >= 4 is 40.2 Å². The normalized spacial score (nSPS) is 10.9. The fourth-order valence-corrected chi connectivity index (χ4v) is 3.23. The van der Waals surface area contributed by atoms with E-state index in [4.69, 9.17) is 26.8 Å². The fourth-order valence-electron chi connectivity index (χ4n) is 2.13. The molecule has 0 saturated heterocycles. The van der Waals surface area contributed by atoms with E-state index < -0.39 is 0 Å². The van der Waals surface area contributed by atoms with Gasteiger partial charge in [0.05, 0.1) is 30.6 Å². The highest BCUT2D eigenvalue weighted by Crippen LogP contribution is 2.35. The number of thiazole rings is 1. The lowest BCUT2D eigenvalue weighted by Gasteiger charge is -2.11. The molecule has 2 aromatic rings. The third kappa shape index (κ3) is 4.61. The first-order chi connectivity index (χ1) is 12.0. The van der Waals surface area contributed by atoms with Crippen LogP contribution < -0.4 is 20.6 Å². The number of aromatic nitrogens is 1. The number of ether oxygens (including phenoxy) is 2. The van der Waals surface area contributed by atoms with Crippen LogP contribution in [-0.4, -0.2) is 30.8 Å². The van der Waals surface area contributed by atoms with Gasteiger partial charge in [-0.1, -0.05) is 29.9 Å². The van der Waals surface area contributed by atoms with Crippen LogP contribution in [0.4, 0.5) is 5.13 Å². The fraction of sp³-hybridized carbons (Fsp3) is 0.312. The summed E-state index contributed by atoms with van der Waals surface area (Å²) < 4.78 is 10.7. The second-order valence-electron chi connectivity index (χ2n) is 4.85. The van der Waals surface area contributed by atoms with Gasteiger partial charge in [0.2, 0.25) is 0 Å². The number of aryl methyl sites for hydroxylation is 1. The van der Waals surface area contributed by atoms with Gasteiger partial charge < -0.3 is 15.2 Å². The lowest BCUT2D eigenvalue weighted by molar-refractivity contribution is 0.0958. The predicted molar refractivity (Wildman–Crippen MR) is 100 cm³/mol. The number of methoxy groups -OCH3 is 1. The van der Waals surface area contributed by atoms with Gasteiger partial charge in [0, 0.05) is 0 Å². The molecule has 0 saturated carbocycles. The molecule has 0 aliphatic heterocycles. The van der Waals surface area contributed by atoms with E-state index in [0.29, 0.717) is 50.8 Å². The molecular formula is C16H19ClN4O3S. The van der Waals surface area contributed by atoms with E-state index in [1.807, 2.05) is 13.8 Å². The number of benzene rings is 1. The SMILES string of the molecule is CCOc1cc(/C=N\NC(=O)c2sc(N)nc2CC)cc(Cl)c1OC. The Balaban J connectivity index is 2.15. The maximum atomic E-state index is 12.2. The van der Waals surface area contributed by atoms with Crippen LogP contribution in [0.5, 0.6) is 11.5 Å². The van der Waals surface area contributed by atoms with Gasteiger partial charge in [0.1, 0.15) is 4.88 Å². The molecule has 3 N–H and O–H groups in total. The highest BCUT2D eigenvalue weighted by molar-refractivity contribution is 7.17. The standard InChI is InChI=1S/C16H19ClN4O3S/c1-4-11-14(25-16(18)20-11)15(22)21-19-8-9-6-10(17)13(23-3)12(7-9)24-5-2/h6-8H,4-5H2,1-3H3,(H2,18,20)(H,21,22)/b19-8-. The molecule has 1 aromatic carbocycles. The summed E-state index contributed by atoms with van der Waals surface area (Å²) >= 11 is 7.31. The second kappa shape index (κ2) is 8.68. The van der Waals surface area contributed by atoms with E-state index in [-0.39, 0.29) is 5.91 Å². The molecule has 25 heavy (non-hydrogen) atoms. The predicted octanol–water partition coefficient (Wildman–Crippen LogP) is 3.11. The van der Waals surface area contributed by atoms with E-state index in [9.17, 15) is 4.79 Å². The number of hydrogen-bond acceptors (Lipinski definition) is 7. The smallest absolute Gasteiger partial charge is 0.283 e. The van der Waals surface area contributed by atoms with Crippen LogP contribution in [0.15, 0.2) is 17.2 Å². The van der Waals surface area contributed by atoms with Gasteiger partial charge in [-0.15, -0.1) is 0 Å². The largest absolute Gasteiger partial charge is 0.491 e. The number of nitrogens with zero attached hydrogens (tertiary/aromatic N) is 2. The Morgan fingerprint density at radius 3 is 2.88 bits per heavy atom. The van der Waals surface area contributed by atoms with Crippen molar-refractivity contribution in [1.29, 1.82) is 0 Å². The molecule has 134 valence electrons. The summed E-state index contributed by atoms with van der Waals surface area (Å²) in [5, 5.41) is 4.71. The zero-order chi connectivity index (χ0) is 18.4. The van der Waals surface area contributed by atoms with Crippen molar-refractivity contribution in [3.8, 4) is 11.5 Å². The molecule has 9 heteroatoms. The minimum atomic E-state index is -0.355. The van der Waals surface area contributed by atoms with Crippen LogP contribution in [0.25, 0.3) is 0 Å². The number of carbonyl (C=O) groups is 1. The molecule has 7 nitrogen and oxygen atoms in total. The summed E-state index contributed by atoms with van der Waals surface area (Å²) in [5.41, 5.74) is 9.43. The van der Waals surface area contributed by atoms with E-state index >= 15 is 0 Å². The highest BCUT2D eigenvalue weighted by Gasteiger charge is 2.15. The number of anilines is 1. The second-order valence-corrected chi connectivity index (χ2v) is 6.29. The number of hydrogen-bond donors (Lipinski definition) is 2. The Bertz CT molecular complexity index is 792. The van der Waals surface area contributed by atoms with Crippen LogP contribution in [0.1, 0.15) is 34.8 Å². The highest BCUT2D eigenvalue weighted by atomic mass is 35.5. The van der Waals surface area contributed by atoms with Crippen molar-refractivity contribution in [3.63, 3.8) is 0 Å². The third-order valence-electron chi connectivity index (χ3n) is 3.17. The van der Waals surface area contributed by atoms with Crippen molar-refractivity contribution in [2.45, 2.75) is 20.3 Å². The Morgan fingerprint density at radius 2 is 2.24 bits per heavy atom. The average Bonchev–Trinajstić information content (AvgIpc) is 2.96. The number of nitrogen functional groups attached to an aromatic ring is 1. The van der Waals surface area contributed by atoms with E-state index in [2.05, 4.69) is 15.5 Å². The van der Waals surface area contributed by atoms with Crippen LogP contribution in [-0.2, 0) is 6.42 Å². The number of nitrogens with one attached hydrogen (secondary N) is 1. The monoisotopic (exact) mass is 382 g/mol. The van der Waals surface area contributed by atoms with E-state index in [1.165, 1.54) is 13.3 Å². The first-order valence-electron chi connectivity index (χ1n) is 7.59. The van der Waals surface area contributed by atoms with Crippen molar-refractivity contribution in [3.05, 3.63) is 33.3 Å². The minimum Gasteiger partial charge on any atom is -0.491 e. The average molecular weight is 383 g/mol. The molecule has 1 amide bonds. The number of rotatable bonds is 7. The van der Waals surface area contributed by atoms with Gasteiger partial charge in [0.25, 0.3) is 5.91 Å². The van der Waals surface area contributed by atoms with Crippen LogP contribution in [0.3, 0.4) is 0 Å². The lowest BCUT2D eigenvalue weighted by Crippen LogP contribution is -2.17. The van der Waals surface area contributed by atoms with Crippen molar-refractivity contribution < 1.29 is 14.3 Å². The van der Waals surface area contributed by atoms with Crippen LogP contribution in [0.2, 0.25) is 5.02 Å². The van der Waals surface area contributed by atoms with Gasteiger partial charge in [-0.25, -0.2) is 10.4 Å². The van der Waals surface area contributed by atoms with Crippen molar-refractivity contribution in [2.75, 3.05) is 19.5 Å².